The number of nitrogen functional groups attached to an aromatic ring is 1. The number of carbonyl (C=O) groups excluding carboxylic acids is 1. The molecule has 0 fully saturated rings. The predicted molar refractivity (Wildman–Crippen MR) is 126 cm³/mol. The van der Waals surface area contributed by atoms with E-state index in [1.54, 1.807) is 66.7 Å². The molecular weight excluding hydrogens is 406 g/mol. The molecule has 3 rings (SSSR count). The van der Waals surface area contributed by atoms with Crippen molar-refractivity contribution in [1.29, 1.82) is 0 Å². The Labute approximate surface area is 187 Å². The van der Waals surface area contributed by atoms with Crippen molar-refractivity contribution in [3.8, 4) is 5.75 Å². The van der Waals surface area contributed by atoms with Gasteiger partial charge in [0.25, 0.3) is 0 Å². The summed E-state index contributed by atoms with van der Waals surface area (Å²) in [6.07, 6.45) is 1.56. The van der Waals surface area contributed by atoms with Crippen molar-refractivity contribution in [3.63, 3.8) is 0 Å². The zero-order valence-corrected chi connectivity index (χ0v) is 18.2. The molecule has 0 saturated heterocycles. The third-order valence-corrected chi connectivity index (χ3v) is 4.73. The van der Waals surface area contributed by atoms with E-state index < -0.39 is 0 Å². The fraction of sp³-hybridized carbons (Fsp3) is 0.167. The number of ether oxygens (including phenoxy) is 1. The molecule has 0 saturated carbocycles. The van der Waals surface area contributed by atoms with E-state index in [0.29, 0.717) is 35.9 Å². The van der Waals surface area contributed by atoms with Crippen molar-refractivity contribution in [1.82, 2.24) is 9.88 Å². The number of hydrogen-bond acceptors (Lipinski definition) is 6. The molecule has 2 aromatic carbocycles. The lowest BCUT2D eigenvalue weighted by Crippen LogP contribution is -2.42. The van der Waals surface area contributed by atoms with Gasteiger partial charge in [-0.2, -0.15) is 0 Å². The highest BCUT2D eigenvalue weighted by Gasteiger charge is 2.27. The minimum absolute atomic E-state index is 0.259. The van der Waals surface area contributed by atoms with E-state index in [2.05, 4.69) is 17.0 Å². The largest absolute Gasteiger partial charge is 0.497 e. The Morgan fingerprint density at radius 2 is 1.84 bits per heavy atom. The minimum atomic E-state index is -0.329. The molecule has 0 aliphatic heterocycles. The Hall–Kier alpha value is -4.04. The number of hydrogen-bond donors (Lipinski definition) is 3. The Kier molecular flexibility index (Phi) is 7.30. The van der Waals surface area contributed by atoms with E-state index in [9.17, 15) is 10.0 Å². The summed E-state index contributed by atoms with van der Waals surface area (Å²) < 4.78 is 5.25. The molecule has 0 aliphatic rings. The van der Waals surface area contributed by atoms with E-state index in [4.69, 9.17) is 10.5 Å². The number of urea groups is 1. The first-order valence-electron chi connectivity index (χ1n) is 10.00. The smallest absolute Gasteiger partial charge is 0.330 e. The molecule has 32 heavy (non-hydrogen) atoms. The van der Waals surface area contributed by atoms with Crippen molar-refractivity contribution >= 4 is 28.9 Å². The van der Waals surface area contributed by atoms with Gasteiger partial charge in [-0.05, 0) is 61.0 Å². The van der Waals surface area contributed by atoms with Gasteiger partial charge in [0.05, 0.1) is 12.8 Å². The second kappa shape index (κ2) is 10.3. The van der Waals surface area contributed by atoms with Crippen LogP contribution in [0, 0.1) is 0 Å². The maximum Gasteiger partial charge on any atom is 0.330 e. The van der Waals surface area contributed by atoms with Crippen LogP contribution >= 0.6 is 0 Å². The highest BCUT2D eigenvalue weighted by Crippen LogP contribution is 2.32. The zero-order chi connectivity index (χ0) is 23.1. The quantitative estimate of drug-likeness (QED) is 0.268. The molecule has 0 unspecified atom stereocenters. The predicted octanol–water partition coefficient (Wildman–Crippen LogP) is 4.81. The van der Waals surface area contributed by atoms with Crippen LogP contribution in [0.5, 0.6) is 5.75 Å². The van der Waals surface area contributed by atoms with Crippen molar-refractivity contribution in [3.05, 3.63) is 84.6 Å². The van der Waals surface area contributed by atoms with Crippen LogP contribution in [-0.4, -0.2) is 34.8 Å². The topological polar surface area (TPSA) is 104 Å². The number of anilines is 4. The van der Waals surface area contributed by atoms with Gasteiger partial charge in [-0.3, -0.25) is 10.7 Å². The van der Waals surface area contributed by atoms with Crippen LogP contribution < -0.4 is 20.9 Å². The third kappa shape index (κ3) is 5.35. The van der Waals surface area contributed by atoms with Crippen molar-refractivity contribution < 1.29 is 14.7 Å². The molecule has 3 aromatic rings. The van der Waals surface area contributed by atoms with Gasteiger partial charge in [-0.1, -0.05) is 24.3 Å². The molecule has 0 aliphatic carbocycles. The maximum atomic E-state index is 13.9. The van der Waals surface area contributed by atoms with Crippen LogP contribution in [0.25, 0.3) is 0 Å². The second-order valence-electron chi connectivity index (χ2n) is 7.36. The lowest BCUT2D eigenvalue weighted by Gasteiger charge is -2.31. The maximum absolute atomic E-state index is 13.9. The van der Waals surface area contributed by atoms with Gasteiger partial charge in [-0.25, -0.2) is 14.7 Å². The Balaban J connectivity index is 2.05. The molecule has 8 nitrogen and oxygen atoms in total. The van der Waals surface area contributed by atoms with Crippen LogP contribution in [0.15, 0.2) is 79.0 Å². The Bertz CT molecular complexity index is 1070. The van der Waals surface area contributed by atoms with Gasteiger partial charge >= 0.3 is 6.03 Å². The molecule has 0 radical (unpaired) electrons. The number of benzene rings is 2. The minimum Gasteiger partial charge on any atom is -0.497 e. The van der Waals surface area contributed by atoms with Crippen molar-refractivity contribution in [2.75, 3.05) is 29.8 Å². The molecule has 1 heterocycles. The molecule has 0 spiro atoms. The zero-order valence-electron chi connectivity index (χ0n) is 18.2. The summed E-state index contributed by atoms with van der Waals surface area (Å²) in [4.78, 5) is 21.3. The van der Waals surface area contributed by atoms with Gasteiger partial charge in [-0.15, -0.1) is 0 Å². The molecule has 2 amide bonds. The number of nitrogens with one attached hydrogen (secondary N) is 1. The van der Waals surface area contributed by atoms with Crippen LogP contribution in [0.1, 0.15) is 12.5 Å². The first kappa shape index (κ1) is 22.6. The number of rotatable bonds is 8. The average Bonchev–Trinajstić information content (AvgIpc) is 2.80. The monoisotopic (exact) mass is 433 g/mol. The number of nitrogens with two attached hydrogens (primary N) is 1. The number of amides is 2. The van der Waals surface area contributed by atoms with Gasteiger partial charge < -0.3 is 15.4 Å². The fourth-order valence-corrected chi connectivity index (χ4v) is 3.22. The van der Waals surface area contributed by atoms with E-state index in [0.717, 1.165) is 11.1 Å². The van der Waals surface area contributed by atoms with Gasteiger partial charge in [0.1, 0.15) is 11.4 Å². The molecule has 8 heteroatoms. The molecule has 1 aromatic heterocycles. The SMILES string of the molecule is C=C(C)CN(Cc1ccc(N)cc1)C(=O)N(c1ccc(OC)cc1)c1ncccc1NO. The summed E-state index contributed by atoms with van der Waals surface area (Å²) in [7, 11) is 1.58. The third-order valence-electron chi connectivity index (χ3n) is 4.73. The average molecular weight is 434 g/mol. The highest BCUT2D eigenvalue weighted by molar-refractivity contribution is 6.01. The highest BCUT2D eigenvalue weighted by atomic mass is 16.5. The Morgan fingerprint density at radius 3 is 2.44 bits per heavy atom. The lowest BCUT2D eigenvalue weighted by atomic mass is 10.2. The summed E-state index contributed by atoms with van der Waals surface area (Å²) in [5.74, 6) is 0.914. The number of carbonyl (C=O) groups is 1. The lowest BCUT2D eigenvalue weighted by molar-refractivity contribution is 0.209. The fourth-order valence-electron chi connectivity index (χ4n) is 3.22. The van der Waals surface area contributed by atoms with Gasteiger partial charge in [0.2, 0.25) is 0 Å². The summed E-state index contributed by atoms with van der Waals surface area (Å²) in [6.45, 7) is 6.52. The molecular formula is C24H27N5O3. The van der Waals surface area contributed by atoms with Crippen LogP contribution in [0.2, 0.25) is 0 Å². The standard InChI is InChI=1S/C24H27N5O3/c1-17(2)15-28(16-18-6-8-19(25)9-7-18)24(30)29(20-10-12-21(32-3)13-11-20)23-22(27-31)5-4-14-26-23/h4-14,27,31H,1,15-16,25H2,2-3H3. The molecule has 0 atom stereocenters. The summed E-state index contributed by atoms with van der Waals surface area (Å²) in [5.41, 5.74) is 11.2. The summed E-state index contributed by atoms with van der Waals surface area (Å²) in [6, 6.07) is 17.4. The van der Waals surface area contributed by atoms with Crippen LogP contribution in [0.3, 0.4) is 0 Å². The first-order valence-corrected chi connectivity index (χ1v) is 10.00. The molecule has 0 bridgehead atoms. The second-order valence-corrected chi connectivity index (χ2v) is 7.36. The van der Waals surface area contributed by atoms with Crippen molar-refractivity contribution in [2.45, 2.75) is 13.5 Å². The number of aromatic nitrogens is 1. The van der Waals surface area contributed by atoms with E-state index in [1.165, 1.54) is 4.90 Å². The Morgan fingerprint density at radius 1 is 1.16 bits per heavy atom. The molecule has 166 valence electrons. The van der Waals surface area contributed by atoms with Crippen LogP contribution in [0.4, 0.5) is 27.7 Å². The van der Waals surface area contributed by atoms with Gasteiger partial charge in [0, 0.05) is 25.0 Å². The van der Waals surface area contributed by atoms with Crippen LogP contribution in [-0.2, 0) is 6.54 Å². The van der Waals surface area contributed by atoms with E-state index >= 15 is 0 Å². The summed E-state index contributed by atoms with van der Waals surface area (Å²) >= 11 is 0. The van der Waals surface area contributed by atoms with E-state index in [-0.39, 0.29) is 11.8 Å². The van der Waals surface area contributed by atoms with Gasteiger partial charge in [0.15, 0.2) is 5.82 Å². The number of methoxy groups -OCH3 is 1. The summed E-state index contributed by atoms with van der Waals surface area (Å²) in [5, 5.41) is 9.64. The normalized spacial score (nSPS) is 10.3. The molecule has 4 N–H and O–H groups in total. The van der Waals surface area contributed by atoms with E-state index in [1.807, 2.05) is 19.1 Å². The first-order chi connectivity index (χ1) is 15.4. The van der Waals surface area contributed by atoms with Crippen molar-refractivity contribution in [2.24, 2.45) is 0 Å². The number of pyridine rings is 1. The number of nitrogens with zero attached hydrogens (tertiary/aromatic N) is 3.